The predicted octanol–water partition coefficient (Wildman–Crippen LogP) is 3.98. The summed E-state index contributed by atoms with van der Waals surface area (Å²) in [6.07, 6.45) is 2.78. The van der Waals surface area contributed by atoms with Crippen LogP contribution in [0.15, 0.2) is 34.9 Å². The maximum absolute atomic E-state index is 12.5. The third-order valence-electron chi connectivity index (χ3n) is 4.65. The molecule has 3 rings (SSSR count). The van der Waals surface area contributed by atoms with Crippen LogP contribution in [0, 0.1) is 11.3 Å². The molecule has 1 atom stereocenters. The van der Waals surface area contributed by atoms with Crippen molar-refractivity contribution in [3.63, 3.8) is 0 Å². The molecule has 1 aliphatic rings. The molecule has 0 N–H and O–H groups in total. The molecule has 1 aliphatic heterocycles. The van der Waals surface area contributed by atoms with Crippen molar-refractivity contribution in [2.75, 3.05) is 19.6 Å². The Hall–Kier alpha value is -1.61. The normalized spacial score (nSPS) is 20.2. The summed E-state index contributed by atoms with van der Waals surface area (Å²) >= 11 is 0. The molecule has 0 saturated carbocycles. The minimum absolute atomic E-state index is 0.162. The number of rotatable bonds is 3. The number of nitrogens with zero attached hydrogens (tertiary/aromatic N) is 1. The van der Waals surface area contributed by atoms with Crippen LogP contribution in [0.4, 0.5) is 0 Å². The first-order valence-corrected chi connectivity index (χ1v) is 7.67. The molecule has 0 amide bonds. The fourth-order valence-electron chi connectivity index (χ4n) is 3.17. The number of fused-ring (bicyclic) bond motifs is 1. The summed E-state index contributed by atoms with van der Waals surface area (Å²) in [6.45, 7) is 9.39. The van der Waals surface area contributed by atoms with Crippen molar-refractivity contribution in [1.82, 2.24) is 4.90 Å². The smallest absolute Gasteiger partial charge is 0.180 e. The van der Waals surface area contributed by atoms with E-state index in [1.165, 1.54) is 6.42 Å². The number of hydrogen-bond donors (Lipinski definition) is 0. The van der Waals surface area contributed by atoms with Crippen molar-refractivity contribution in [2.45, 2.75) is 27.2 Å². The van der Waals surface area contributed by atoms with Crippen LogP contribution in [0.5, 0.6) is 0 Å². The van der Waals surface area contributed by atoms with Crippen LogP contribution in [-0.4, -0.2) is 30.3 Å². The summed E-state index contributed by atoms with van der Waals surface area (Å²) in [5.41, 5.74) is 1.82. The Morgan fingerprint density at radius 3 is 2.81 bits per heavy atom. The van der Waals surface area contributed by atoms with Crippen LogP contribution in [0.1, 0.15) is 37.6 Å². The molecule has 0 radical (unpaired) electrons. The predicted molar refractivity (Wildman–Crippen MR) is 84.5 cm³/mol. The molecule has 1 saturated heterocycles. The maximum atomic E-state index is 12.5. The van der Waals surface area contributed by atoms with E-state index >= 15 is 0 Å². The molecule has 21 heavy (non-hydrogen) atoms. The van der Waals surface area contributed by atoms with Crippen molar-refractivity contribution in [2.24, 2.45) is 11.3 Å². The van der Waals surface area contributed by atoms with E-state index in [-0.39, 0.29) is 5.78 Å². The highest BCUT2D eigenvalue weighted by Gasteiger charge is 2.32. The largest absolute Gasteiger partial charge is 0.464 e. The van der Waals surface area contributed by atoms with E-state index in [4.69, 9.17) is 4.42 Å². The Balaban J connectivity index is 1.70. The van der Waals surface area contributed by atoms with E-state index in [1.54, 1.807) is 6.26 Å². The van der Waals surface area contributed by atoms with Gasteiger partial charge in [0.1, 0.15) is 11.8 Å². The van der Waals surface area contributed by atoms with Gasteiger partial charge in [-0.25, -0.2) is 0 Å². The fourth-order valence-corrected chi connectivity index (χ4v) is 3.17. The fraction of sp³-hybridized carbons (Fsp3) is 0.500. The van der Waals surface area contributed by atoms with Gasteiger partial charge in [-0.3, -0.25) is 9.69 Å². The minimum Gasteiger partial charge on any atom is -0.464 e. The zero-order valence-corrected chi connectivity index (χ0v) is 13.1. The van der Waals surface area contributed by atoms with Gasteiger partial charge in [0, 0.05) is 11.9 Å². The lowest BCUT2D eigenvalue weighted by Gasteiger charge is -2.26. The molecule has 2 heterocycles. The van der Waals surface area contributed by atoms with Crippen molar-refractivity contribution in [3.05, 3.63) is 36.1 Å². The third kappa shape index (κ3) is 2.88. The van der Waals surface area contributed by atoms with E-state index in [1.807, 2.05) is 24.3 Å². The molecule has 0 spiro atoms. The molecule has 2 aromatic rings. The monoisotopic (exact) mass is 285 g/mol. The Kier molecular flexibility index (Phi) is 3.62. The van der Waals surface area contributed by atoms with Crippen molar-refractivity contribution in [3.8, 4) is 0 Å². The van der Waals surface area contributed by atoms with Gasteiger partial charge in [0.25, 0.3) is 0 Å². The summed E-state index contributed by atoms with van der Waals surface area (Å²) in [7, 11) is 0. The topological polar surface area (TPSA) is 33.5 Å². The summed E-state index contributed by atoms with van der Waals surface area (Å²) in [5.74, 6) is 0.834. The second kappa shape index (κ2) is 5.30. The number of para-hydroxylation sites is 1. The number of Topliss-reactive ketones (excluding diaryl/α,β-unsaturated/α-hetero) is 1. The van der Waals surface area contributed by atoms with Crippen LogP contribution in [0.2, 0.25) is 0 Å². The van der Waals surface area contributed by atoms with Gasteiger partial charge in [-0.1, -0.05) is 39.0 Å². The minimum atomic E-state index is 0.162. The van der Waals surface area contributed by atoms with Crippen LogP contribution in [0.25, 0.3) is 11.0 Å². The summed E-state index contributed by atoms with van der Waals surface area (Å²) in [6, 6.07) is 7.72. The number of ketones is 1. The number of hydrogen-bond acceptors (Lipinski definition) is 3. The van der Waals surface area contributed by atoms with Gasteiger partial charge in [0.15, 0.2) is 5.78 Å². The number of likely N-dealkylation sites (tertiary alicyclic amines) is 1. The molecular weight excluding hydrogens is 262 g/mol. The number of furan rings is 1. The van der Waals surface area contributed by atoms with Crippen molar-refractivity contribution < 1.29 is 9.21 Å². The first-order chi connectivity index (χ1) is 9.95. The van der Waals surface area contributed by atoms with Crippen molar-refractivity contribution in [1.29, 1.82) is 0 Å². The molecule has 1 fully saturated rings. The van der Waals surface area contributed by atoms with Crippen LogP contribution in [-0.2, 0) is 0 Å². The highest BCUT2D eigenvalue weighted by atomic mass is 16.3. The summed E-state index contributed by atoms with van der Waals surface area (Å²) < 4.78 is 5.47. The molecule has 1 unspecified atom stereocenters. The van der Waals surface area contributed by atoms with Gasteiger partial charge >= 0.3 is 0 Å². The highest BCUT2D eigenvalue weighted by molar-refractivity contribution is 6.08. The number of carbonyl (C=O) groups is 1. The lowest BCUT2D eigenvalue weighted by atomic mass is 9.80. The lowest BCUT2D eigenvalue weighted by Crippen LogP contribution is -2.30. The maximum Gasteiger partial charge on any atom is 0.180 e. The number of carbonyl (C=O) groups excluding carboxylic acids is 1. The molecule has 0 aliphatic carbocycles. The van der Waals surface area contributed by atoms with Crippen LogP contribution in [0.3, 0.4) is 0 Å². The lowest BCUT2D eigenvalue weighted by molar-refractivity contribution is 0.0939. The Bertz CT molecular complexity index is 651. The third-order valence-corrected chi connectivity index (χ3v) is 4.65. The van der Waals surface area contributed by atoms with E-state index in [9.17, 15) is 4.79 Å². The average molecular weight is 285 g/mol. The Labute approximate surface area is 125 Å². The zero-order valence-electron chi connectivity index (χ0n) is 13.1. The Morgan fingerprint density at radius 1 is 1.33 bits per heavy atom. The van der Waals surface area contributed by atoms with Gasteiger partial charge in [-0.15, -0.1) is 0 Å². The second-order valence-electron chi connectivity index (χ2n) is 7.16. The summed E-state index contributed by atoms with van der Waals surface area (Å²) in [4.78, 5) is 14.8. The zero-order chi connectivity index (χ0) is 15.0. The van der Waals surface area contributed by atoms with E-state index in [2.05, 4.69) is 25.7 Å². The highest BCUT2D eigenvalue weighted by Crippen LogP contribution is 2.33. The van der Waals surface area contributed by atoms with E-state index < -0.39 is 0 Å². The molecule has 3 heteroatoms. The molecule has 1 aromatic heterocycles. The quantitative estimate of drug-likeness (QED) is 0.800. The van der Waals surface area contributed by atoms with Gasteiger partial charge in [0.05, 0.1) is 12.1 Å². The van der Waals surface area contributed by atoms with Crippen LogP contribution >= 0.6 is 0 Å². The first-order valence-electron chi connectivity index (χ1n) is 7.67. The Morgan fingerprint density at radius 2 is 2.10 bits per heavy atom. The molecule has 0 bridgehead atoms. The average Bonchev–Trinajstić information content (AvgIpc) is 3.03. The van der Waals surface area contributed by atoms with Crippen molar-refractivity contribution >= 4 is 16.8 Å². The van der Waals surface area contributed by atoms with E-state index in [0.29, 0.717) is 23.4 Å². The number of benzene rings is 1. The summed E-state index contributed by atoms with van der Waals surface area (Å²) in [5, 5.41) is 0.925. The van der Waals surface area contributed by atoms with Gasteiger partial charge < -0.3 is 4.42 Å². The molecule has 3 nitrogen and oxygen atoms in total. The standard InChI is InChI=1S/C18H23NO2/c1-18(2,3)13-8-9-19(10-13)11-16(20)15-12-21-17-7-5-4-6-14(15)17/h4-7,12-13H,8-11H2,1-3H3. The molecule has 112 valence electrons. The SMILES string of the molecule is CC(C)(C)C1CCN(CC(=O)c2coc3ccccc23)C1. The molecular formula is C18H23NO2. The first kappa shape index (κ1) is 14.3. The van der Waals surface area contributed by atoms with Crippen LogP contribution < -0.4 is 0 Å². The van der Waals surface area contributed by atoms with Gasteiger partial charge in [-0.05, 0) is 30.4 Å². The van der Waals surface area contributed by atoms with E-state index in [0.717, 1.165) is 24.1 Å². The van der Waals surface area contributed by atoms with Gasteiger partial charge in [0.2, 0.25) is 0 Å². The second-order valence-corrected chi connectivity index (χ2v) is 7.16. The van der Waals surface area contributed by atoms with Gasteiger partial charge in [-0.2, -0.15) is 0 Å². The molecule has 1 aromatic carbocycles.